The van der Waals surface area contributed by atoms with Gasteiger partial charge in [-0.1, -0.05) is 24.3 Å². The molecule has 0 heterocycles. The second-order valence-corrected chi connectivity index (χ2v) is 6.18. The van der Waals surface area contributed by atoms with Gasteiger partial charge in [0.25, 0.3) is 11.6 Å². The van der Waals surface area contributed by atoms with Gasteiger partial charge in [-0.05, 0) is 38.0 Å². The first-order chi connectivity index (χ1) is 12.2. The van der Waals surface area contributed by atoms with Crippen LogP contribution in [0, 0.1) is 30.9 Å². The zero-order valence-electron chi connectivity index (χ0n) is 15.2. The van der Waals surface area contributed by atoms with E-state index >= 15 is 0 Å². The molecule has 26 heavy (non-hydrogen) atoms. The van der Waals surface area contributed by atoms with Gasteiger partial charge >= 0.3 is 0 Å². The fraction of sp³-hybridized carbons (Fsp3) is 0.263. The van der Waals surface area contributed by atoms with Crippen molar-refractivity contribution in [1.82, 2.24) is 4.90 Å². The smallest absolute Gasteiger partial charge is 0.273 e. The normalized spacial score (nSPS) is 10.3. The molecular weight excluding hydrogens is 334 g/mol. The van der Waals surface area contributed by atoms with Crippen molar-refractivity contribution in [2.45, 2.75) is 20.8 Å². The van der Waals surface area contributed by atoms with E-state index < -0.39 is 10.8 Å². The molecule has 7 nitrogen and oxygen atoms in total. The Hall–Kier alpha value is -3.22. The number of likely N-dealkylation sites (N-methyl/N-ethyl adjacent to an activating group) is 1. The highest BCUT2D eigenvalue weighted by Crippen LogP contribution is 2.22. The second kappa shape index (κ2) is 7.77. The molecule has 0 radical (unpaired) electrons. The van der Waals surface area contributed by atoms with Crippen molar-refractivity contribution in [2.24, 2.45) is 0 Å². The fourth-order valence-electron chi connectivity index (χ4n) is 2.74. The molecule has 0 aliphatic carbocycles. The molecule has 1 N–H and O–H groups in total. The number of hydrogen-bond acceptors (Lipinski definition) is 4. The predicted molar refractivity (Wildman–Crippen MR) is 99.3 cm³/mol. The van der Waals surface area contributed by atoms with Crippen LogP contribution in [0.1, 0.15) is 27.0 Å². The molecule has 0 bridgehead atoms. The van der Waals surface area contributed by atoms with E-state index in [0.29, 0.717) is 0 Å². The molecule has 0 saturated heterocycles. The molecule has 7 heteroatoms. The van der Waals surface area contributed by atoms with Gasteiger partial charge in [0.2, 0.25) is 5.91 Å². The minimum absolute atomic E-state index is 0.121. The molecule has 0 saturated carbocycles. The largest absolute Gasteiger partial charge is 0.332 e. The third-order valence-corrected chi connectivity index (χ3v) is 4.21. The van der Waals surface area contributed by atoms with E-state index in [2.05, 4.69) is 5.32 Å². The summed E-state index contributed by atoms with van der Waals surface area (Å²) in [6.07, 6.45) is 0. The van der Waals surface area contributed by atoms with Crippen molar-refractivity contribution in [2.75, 3.05) is 18.9 Å². The van der Waals surface area contributed by atoms with Crippen LogP contribution in [0.4, 0.5) is 11.4 Å². The number of nitro benzene ring substituents is 1. The summed E-state index contributed by atoms with van der Waals surface area (Å²) in [6.45, 7) is 5.15. The van der Waals surface area contributed by atoms with E-state index in [1.807, 2.05) is 32.0 Å². The summed E-state index contributed by atoms with van der Waals surface area (Å²) in [6, 6.07) is 10.0. The zero-order chi connectivity index (χ0) is 19.4. The number of nitrogens with one attached hydrogen (secondary N) is 1. The molecular formula is C19H21N3O4. The van der Waals surface area contributed by atoms with Crippen molar-refractivity contribution >= 4 is 23.2 Å². The second-order valence-electron chi connectivity index (χ2n) is 6.18. The number of amides is 2. The first-order valence-corrected chi connectivity index (χ1v) is 8.08. The van der Waals surface area contributed by atoms with Crippen molar-refractivity contribution in [1.29, 1.82) is 0 Å². The number of carbonyl (C=O) groups excluding carboxylic acids is 2. The molecule has 136 valence electrons. The molecule has 0 aliphatic heterocycles. The highest BCUT2D eigenvalue weighted by molar-refractivity contribution is 6.00. The zero-order valence-corrected chi connectivity index (χ0v) is 15.2. The number of aryl methyl sites for hydroxylation is 2. The van der Waals surface area contributed by atoms with Crippen molar-refractivity contribution in [3.8, 4) is 0 Å². The van der Waals surface area contributed by atoms with Crippen LogP contribution in [0.3, 0.4) is 0 Å². The Kier molecular flexibility index (Phi) is 5.71. The highest BCUT2D eigenvalue weighted by atomic mass is 16.6. The van der Waals surface area contributed by atoms with Crippen LogP contribution in [0.15, 0.2) is 36.4 Å². The Morgan fingerprint density at radius 1 is 1.08 bits per heavy atom. The average Bonchev–Trinajstić information content (AvgIpc) is 2.57. The minimum atomic E-state index is -0.528. The molecule has 2 aromatic rings. The lowest BCUT2D eigenvalue weighted by atomic mass is 10.1. The number of rotatable bonds is 5. The van der Waals surface area contributed by atoms with Crippen LogP contribution in [-0.4, -0.2) is 35.2 Å². The molecule has 0 aromatic heterocycles. The fourth-order valence-corrected chi connectivity index (χ4v) is 2.74. The summed E-state index contributed by atoms with van der Waals surface area (Å²) in [5.41, 5.74) is 2.96. The van der Waals surface area contributed by atoms with E-state index in [1.165, 1.54) is 37.1 Å². The molecule has 0 aliphatic rings. The standard InChI is InChI=1S/C19H21N3O4/c1-12-7-5-8-13(2)18(12)20-17(23)11-21(4)19(24)15-9-6-10-16(14(15)3)22(25)26/h5-10H,11H2,1-4H3,(H,20,23). The molecule has 2 rings (SSSR count). The van der Waals surface area contributed by atoms with Crippen LogP contribution >= 0.6 is 0 Å². The van der Waals surface area contributed by atoms with E-state index in [4.69, 9.17) is 0 Å². The quantitative estimate of drug-likeness (QED) is 0.658. The molecule has 0 spiro atoms. The Bertz CT molecular complexity index is 857. The number of benzene rings is 2. The summed E-state index contributed by atoms with van der Waals surface area (Å²) < 4.78 is 0. The number of nitro groups is 1. The Morgan fingerprint density at radius 3 is 2.23 bits per heavy atom. The lowest BCUT2D eigenvalue weighted by Crippen LogP contribution is -2.35. The summed E-state index contributed by atoms with van der Waals surface area (Å²) in [5.74, 6) is -0.774. The summed E-state index contributed by atoms with van der Waals surface area (Å²) in [7, 11) is 1.49. The Balaban J connectivity index is 2.13. The van der Waals surface area contributed by atoms with Gasteiger partial charge in [0, 0.05) is 29.9 Å². The number of anilines is 1. The molecule has 2 amide bonds. The third-order valence-electron chi connectivity index (χ3n) is 4.21. The van der Waals surface area contributed by atoms with Crippen molar-refractivity contribution < 1.29 is 14.5 Å². The number of nitrogens with zero attached hydrogens (tertiary/aromatic N) is 2. The van der Waals surface area contributed by atoms with E-state index in [1.54, 1.807) is 0 Å². The molecule has 0 unspecified atom stereocenters. The Labute approximate surface area is 151 Å². The van der Waals surface area contributed by atoms with Crippen LogP contribution in [0.2, 0.25) is 0 Å². The van der Waals surface area contributed by atoms with Gasteiger partial charge in [-0.15, -0.1) is 0 Å². The van der Waals surface area contributed by atoms with Gasteiger partial charge in [0.15, 0.2) is 0 Å². The van der Waals surface area contributed by atoms with Crippen LogP contribution in [0.25, 0.3) is 0 Å². The summed E-state index contributed by atoms with van der Waals surface area (Å²) in [5, 5.41) is 13.8. The number of carbonyl (C=O) groups is 2. The van der Waals surface area contributed by atoms with Gasteiger partial charge in [0.1, 0.15) is 0 Å². The maximum atomic E-state index is 12.6. The monoisotopic (exact) mass is 355 g/mol. The number of hydrogen-bond donors (Lipinski definition) is 1. The van der Waals surface area contributed by atoms with E-state index in [-0.39, 0.29) is 29.3 Å². The van der Waals surface area contributed by atoms with Gasteiger partial charge in [0.05, 0.1) is 11.5 Å². The van der Waals surface area contributed by atoms with Crippen LogP contribution < -0.4 is 5.32 Å². The van der Waals surface area contributed by atoms with Crippen LogP contribution in [0.5, 0.6) is 0 Å². The van der Waals surface area contributed by atoms with Crippen molar-refractivity contribution in [3.63, 3.8) is 0 Å². The van der Waals surface area contributed by atoms with Gasteiger partial charge < -0.3 is 10.2 Å². The van der Waals surface area contributed by atoms with E-state index in [9.17, 15) is 19.7 Å². The molecule has 0 fully saturated rings. The Morgan fingerprint density at radius 2 is 1.65 bits per heavy atom. The number of para-hydroxylation sites is 1. The van der Waals surface area contributed by atoms with E-state index in [0.717, 1.165) is 16.8 Å². The van der Waals surface area contributed by atoms with Gasteiger partial charge in [-0.3, -0.25) is 19.7 Å². The maximum absolute atomic E-state index is 12.6. The predicted octanol–water partition coefficient (Wildman–Crippen LogP) is 3.23. The first kappa shape index (κ1) is 19.1. The van der Waals surface area contributed by atoms with Gasteiger partial charge in [-0.2, -0.15) is 0 Å². The maximum Gasteiger partial charge on any atom is 0.273 e. The summed E-state index contributed by atoms with van der Waals surface area (Å²) >= 11 is 0. The topological polar surface area (TPSA) is 92.6 Å². The third kappa shape index (κ3) is 4.05. The SMILES string of the molecule is Cc1cccc(C)c1NC(=O)CN(C)C(=O)c1cccc([N+](=O)[O-])c1C. The van der Waals surface area contributed by atoms with Crippen molar-refractivity contribution in [3.05, 3.63) is 68.8 Å². The average molecular weight is 355 g/mol. The first-order valence-electron chi connectivity index (χ1n) is 8.08. The van der Waals surface area contributed by atoms with Crippen LogP contribution in [-0.2, 0) is 4.79 Å². The van der Waals surface area contributed by atoms with Gasteiger partial charge in [-0.25, -0.2) is 0 Å². The highest BCUT2D eigenvalue weighted by Gasteiger charge is 2.22. The molecule has 2 aromatic carbocycles. The lowest BCUT2D eigenvalue weighted by molar-refractivity contribution is -0.385. The summed E-state index contributed by atoms with van der Waals surface area (Å²) in [4.78, 5) is 36.6. The minimum Gasteiger partial charge on any atom is -0.332 e. The molecule has 0 atom stereocenters. The lowest BCUT2D eigenvalue weighted by Gasteiger charge is -2.19.